The summed E-state index contributed by atoms with van der Waals surface area (Å²) >= 11 is 0. The van der Waals surface area contributed by atoms with Crippen LogP contribution in [0.5, 0.6) is 0 Å². The maximum Gasteiger partial charge on any atom is 0.280 e. The Balaban J connectivity index is 2.01. The van der Waals surface area contributed by atoms with Gasteiger partial charge in [0, 0.05) is 5.92 Å². The molecule has 0 unspecified atom stereocenters. The number of hydrogen-bond acceptors (Lipinski definition) is 8. The standard InChI is InChI=1S/C14H19N5O6/c1-5(2)11(23)17-14-16-10-7(12(24)18-14)15-4-19(10)13-9(22)8(21)6(3-20)25-13/h4-6,8-9,13,20-22H,3H2,1-2H3,(H2,16,17,18,23,24)/t6-,8+,9+,13-/m1/s1. The third-order valence-corrected chi connectivity index (χ3v) is 3.99. The second-order valence-electron chi connectivity index (χ2n) is 6.11. The van der Waals surface area contributed by atoms with Crippen LogP contribution in [0.3, 0.4) is 0 Å². The Morgan fingerprint density at radius 2 is 2.16 bits per heavy atom. The summed E-state index contributed by atoms with van der Waals surface area (Å²) in [4.78, 5) is 34.4. The third kappa shape index (κ3) is 3.02. The molecule has 1 amide bonds. The van der Waals surface area contributed by atoms with Crippen LogP contribution in [0.1, 0.15) is 20.1 Å². The van der Waals surface area contributed by atoms with Crippen molar-refractivity contribution in [2.24, 2.45) is 5.92 Å². The number of H-pyrrole nitrogens is 1. The van der Waals surface area contributed by atoms with E-state index in [1.165, 1.54) is 10.9 Å². The van der Waals surface area contributed by atoms with Crippen LogP contribution < -0.4 is 10.9 Å². The molecule has 0 radical (unpaired) electrons. The highest BCUT2D eigenvalue weighted by atomic mass is 16.6. The Labute approximate surface area is 141 Å². The molecule has 136 valence electrons. The zero-order valence-electron chi connectivity index (χ0n) is 13.6. The van der Waals surface area contributed by atoms with E-state index < -0.39 is 36.7 Å². The zero-order valence-corrected chi connectivity index (χ0v) is 13.6. The smallest absolute Gasteiger partial charge is 0.280 e. The van der Waals surface area contributed by atoms with Crippen LogP contribution in [0.15, 0.2) is 11.1 Å². The number of ether oxygens (including phenoxy) is 1. The van der Waals surface area contributed by atoms with Crippen molar-refractivity contribution in [1.82, 2.24) is 19.5 Å². The summed E-state index contributed by atoms with van der Waals surface area (Å²) in [5.41, 5.74) is -0.521. The van der Waals surface area contributed by atoms with Crippen molar-refractivity contribution >= 4 is 23.0 Å². The number of aromatic nitrogens is 4. The molecule has 4 atom stereocenters. The maximum absolute atomic E-state index is 12.1. The van der Waals surface area contributed by atoms with Crippen LogP contribution >= 0.6 is 0 Å². The average molecular weight is 353 g/mol. The van der Waals surface area contributed by atoms with Gasteiger partial charge in [-0.15, -0.1) is 0 Å². The molecule has 11 heteroatoms. The summed E-state index contributed by atoms with van der Waals surface area (Å²) in [5.74, 6) is -0.711. The van der Waals surface area contributed by atoms with Crippen molar-refractivity contribution in [2.45, 2.75) is 38.4 Å². The molecule has 5 N–H and O–H groups in total. The lowest BCUT2D eigenvalue weighted by Crippen LogP contribution is -2.33. The molecule has 0 bridgehead atoms. The summed E-state index contributed by atoms with van der Waals surface area (Å²) in [6, 6.07) is 0. The molecule has 3 heterocycles. The molecule has 1 aliphatic rings. The highest BCUT2D eigenvalue weighted by Gasteiger charge is 2.44. The van der Waals surface area contributed by atoms with Crippen molar-refractivity contribution < 1.29 is 24.9 Å². The number of carbonyl (C=O) groups excluding carboxylic acids is 1. The van der Waals surface area contributed by atoms with Gasteiger partial charge in [-0.3, -0.25) is 24.5 Å². The molecule has 11 nitrogen and oxygen atoms in total. The van der Waals surface area contributed by atoms with Crippen molar-refractivity contribution in [3.05, 3.63) is 16.7 Å². The molecule has 0 saturated carbocycles. The Kier molecular flexibility index (Phi) is 4.56. The topological polar surface area (TPSA) is 163 Å². The average Bonchev–Trinajstić information content (AvgIpc) is 3.10. The number of amides is 1. The van der Waals surface area contributed by atoms with Gasteiger partial charge < -0.3 is 20.1 Å². The predicted octanol–water partition coefficient (Wildman–Crippen LogP) is -1.67. The minimum atomic E-state index is -1.34. The molecular weight excluding hydrogens is 334 g/mol. The first-order valence-electron chi connectivity index (χ1n) is 7.73. The number of hydrogen-bond donors (Lipinski definition) is 5. The molecule has 1 fully saturated rings. The lowest BCUT2D eigenvalue weighted by atomic mass is 10.1. The number of aromatic amines is 1. The SMILES string of the molecule is CC(C)C(=O)Nc1nc2c(ncn2[C@@H]2O[C@H](CO)[C@H](O)[C@@H]2O)c(=O)[nH]1. The van der Waals surface area contributed by atoms with E-state index in [1.807, 2.05) is 0 Å². The number of nitrogens with zero attached hydrogens (tertiary/aromatic N) is 3. The number of aliphatic hydroxyl groups excluding tert-OH is 3. The quantitative estimate of drug-likeness (QED) is 0.435. The molecule has 0 aromatic carbocycles. The number of anilines is 1. The minimum Gasteiger partial charge on any atom is -0.394 e. The van der Waals surface area contributed by atoms with Crippen molar-refractivity contribution in [1.29, 1.82) is 0 Å². The van der Waals surface area contributed by atoms with E-state index in [0.717, 1.165) is 0 Å². The number of carbonyl (C=O) groups is 1. The second-order valence-corrected chi connectivity index (χ2v) is 6.11. The zero-order chi connectivity index (χ0) is 18.3. The van der Waals surface area contributed by atoms with Gasteiger partial charge in [0.05, 0.1) is 12.9 Å². The van der Waals surface area contributed by atoms with Crippen molar-refractivity contribution in [3.63, 3.8) is 0 Å². The number of nitrogens with one attached hydrogen (secondary N) is 2. The van der Waals surface area contributed by atoms with Gasteiger partial charge in [0.25, 0.3) is 5.56 Å². The number of imidazole rings is 1. The fourth-order valence-corrected chi connectivity index (χ4v) is 2.54. The Morgan fingerprint density at radius 3 is 2.76 bits per heavy atom. The number of fused-ring (bicyclic) bond motifs is 1. The van der Waals surface area contributed by atoms with Crippen LogP contribution in [0.25, 0.3) is 11.2 Å². The number of rotatable bonds is 4. The van der Waals surface area contributed by atoms with Gasteiger partial charge >= 0.3 is 0 Å². The van der Waals surface area contributed by atoms with Gasteiger partial charge in [0.2, 0.25) is 11.9 Å². The third-order valence-electron chi connectivity index (χ3n) is 3.99. The Morgan fingerprint density at radius 1 is 1.44 bits per heavy atom. The van der Waals surface area contributed by atoms with Gasteiger partial charge in [-0.1, -0.05) is 13.8 Å². The molecule has 1 saturated heterocycles. The van der Waals surface area contributed by atoms with Gasteiger partial charge in [0.1, 0.15) is 18.3 Å². The summed E-state index contributed by atoms with van der Waals surface area (Å²) in [7, 11) is 0. The molecular formula is C14H19N5O6. The lowest BCUT2D eigenvalue weighted by Gasteiger charge is -2.16. The van der Waals surface area contributed by atoms with Crippen molar-refractivity contribution in [2.75, 3.05) is 11.9 Å². The van der Waals surface area contributed by atoms with Crippen LogP contribution in [0.2, 0.25) is 0 Å². The van der Waals surface area contributed by atoms with Crippen LogP contribution in [0.4, 0.5) is 5.95 Å². The molecule has 2 aromatic rings. The molecule has 1 aliphatic heterocycles. The highest BCUT2D eigenvalue weighted by molar-refractivity contribution is 5.91. The Bertz CT molecular complexity index is 846. The normalized spacial score (nSPS) is 26.5. The number of aliphatic hydroxyl groups is 3. The van der Waals surface area contributed by atoms with Crippen LogP contribution in [-0.4, -0.2) is 65.7 Å². The van der Waals surface area contributed by atoms with Gasteiger partial charge in [-0.05, 0) is 0 Å². The van der Waals surface area contributed by atoms with Gasteiger partial charge in [-0.2, -0.15) is 4.98 Å². The first kappa shape index (κ1) is 17.5. The molecule has 0 spiro atoms. The lowest BCUT2D eigenvalue weighted by molar-refractivity contribution is -0.118. The van der Waals surface area contributed by atoms with E-state index >= 15 is 0 Å². The fourth-order valence-electron chi connectivity index (χ4n) is 2.54. The molecule has 0 aliphatic carbocycles. The first-order chi connectivity index (χ1) is 11.8. The van der Waals surface area contributed by atoms with Crippen LogP contribution in [0, 0.1) is 5.92 Å². The Hall–Kier alpha value is -2.34. The van der Waals surface area contributed by atoms with E-state index in [2.05, 4.69) is 20.3 Å². The maximum atomic E-state index is 12.1. The van der Waals surface area contributed by atoms with Gasteiger partial charge in [0.15, 0.2) is 17.4 Å². The summed E-state index contributed by atoms with van der Waals surface area (Å²) in [6.45, 7) is 2.90. The molecule has 2 aromatic heterocycles. The molecule has 3 rings (SSSR count). The van der Waals surface area contributed by atoms with Gasteiger partial charge in [-0.25, -0.2) is 4.98 Å². The largest absolute Gasteiger partial charge is 0.394 e. The fraction of sp³-hybridized carbons (Fsp3) is 0.571. The summed E-state index contributed by atoms with van der Waals surface area (Å²) in [5, 5.41) is 31.7. The monoisotopic (exact) mass is 353 g/mol. The van der Waals surface area contributed by atoms with E-state index in [1.54, 1.807) is 13.8 Å². The predicted molar refractivity (Wildman–Crippen MR) is 84.6 cm³/mol. The highest BCUT2D eigenvalue weighted by Crippen LogP contribution is 2.30. The minimum absolute atomic E-state index is 0.0136. The van der Waals surface area contributed by atoms with Crippen LogP contribution in [-0.2, 0) is 9.53 Å². The summed E-state index contributed by atoms with van der Waals surface area (Å²) in [6.07, 6.45) is -3.46. The molecule has 25 heavy (non-hydrogen) atoms. The van der Waals surface area contributed by atoms with E-state index in [-0.39, 0.29) is 28.9 Å². The second kappa shape index (κ2) is 6.52. The van der Waals surface area contributed by atoms with E-state index in [9.17, 15) is 24.9 Å². The first-order valence-corrected chi connectivity index (χ1v) is 7.73. The summed E-state index contributed by atoms with van der Waals surface area (Å²) < 4.78 is 6.70. The van der Waals surface area contributed by atoms with E-state index in [4.69, 9.17) is 4.74 Å². The van der Waals surface area contributed by atoms with Crippen molar-refractivity contribution in [3.8, 4) is 0 Å². The van der Waals surface area contributed by atoms with E-state index in [0.29, 0.717) is 0 Å².